The molecule has 5 heteroatoms. The lowest BCUT2D eigenvalue weighted by molar-refractivity contribution is 0.0940. The zero-order chi connectivity index (χ0) is 13.8. The predicted octanol–water partition coefficient (Wildman–Crippen LogP) is 4.57. The van der Waals surface area contributed by atoms with Crippen molar-refractivity contribution < 1.29 is 4.79 Å². The summed E-state index contributed by atoms with van der Waals surface area (Å²) in [5, 5.41) is 4.91. The number of halogens is 1. The van der Waals surface area contributed by atoms with Gasteiger partial charge in [-0.1, -0.05) is 12.1 Å². The first kappa shape index (κ1) is 14.9. The number of rotatable bonds is 4. The molecule has 1 unspecified atom stereocenters. The Bertz CT molecular complexity index is 565. The average molecular weight is 403 g/mol. The molecule has 1 atom stereocenters. The Morgan fingerprint density at radius 1 is 1.37 bits per heavy atom. The molecular weight excluding hydrogens is 389 g/mol. The van der Waals surface area contributed by atoms with E-state index < -0.39 is 0 Å². The molecule has 0 aliphatic heterocycles. The summed E-state index contributed by atoms with van der Waals surface area (Å²) in [5.74, 6) is -0.0133. The van der Waals surface area contributed by atoms with Gasteiger partial charge in [0.2, 0.25) is 0 Å². The summed E-state index contributed by atoms with van der Waals surface area (Å²) in [7, 11) is 0. The fraction of sp³-hybridized carbons (Fsp3) is 0.214. The highest BCUT2D eigenvalue weighted by molar-refractivity contribution is 14.1. The number of nitrogens with one attached hydrogen (secondary N) is 1. The molecule has 1 aromatic heterocycles. The Balaban J connectivity index is 2.03. The van der Waals surface area contributed by atoms with Crippen LogP contribution in [0.2, 0.25) is 0 Å². The van der Waals surface area contributed by atoms with Crippen LogP contribution in [0.3, 0.4) is 0 Å². The smallest absolute Gasteiger partial charge is 0.252 e. The van der Waals surface area contributed by atoms with E-state index in [1.807, 2.05) is 18.4 Å². The Labute approximate surface area is 135 Å². The molecule has 0 aliphatic rings. The molecule has 1 heterocycles. The van der Waals surface area contributed by atoms with Crippen molar-refractivity contribution >= 4 is 51.6 Å². The van der Waals surface area contributed by atoms with Crippen LogP contribution in [0.1, 0.15) is 28.9 Å². The number of carbonyl (C=O) groups excluding carboxylic acids is 1. The lowest BCUT2D eigenvalue weighted by Crippen LogP contribution is -2.26. The summed E-state index contributed by atoms with van der Waals surface area (Å²) in [6.07, 6.45) is 2.05. The Kier molecular flexibility index (Phi) is 5.29. The van der Waals surface area contributed by atoms with Crippen LogP contribution in [0, 0.1) is 2.88 Å². The third-order valence-electron chi connectivity index (χ3n) is 2.79. The molecule has 0 radical (unpaired) electrons. The summed E-state index contributed by atoms with van der Waals surface area (Å²) in [6.45, 7) is 2.00. The second kappa shape index (κ2) is 6.76. The van der Waals surface area contributed by atoms with Gasteiger partial charge in [-0.2, -0.15) is 0 Å². The van der Waals surface area contributed by atoms with Gasteiger partial charge in [-0.3, -0.25) is 4.79 Å². The van der Waals surface area contributed by atoms with Gasteiger partial charge >= 0.3 is 0 Å². The third kappa shape index (κ3) is 3.97. The Hall–Kier alpha value is -0.530. The molecule has 1 aromatic carbocycles. The summed E-state index contributed by atoms with van der Waals surface area (Å²) < 4.78 is 1.12. The largest absolute Gasteiger partial charge is 0.345 e. The molecule has 2 rings (SSSR count). The van der Waals surface area contributed by atoms with Crippen molar-refractivity contribution in [3.05, 3.63) is 49.7 Å². The van der Waals surface area contributed by atoms with Gasteiger partial charge in [-0.15, -0.1) is 23.1 Å². The van der Waals surface area contributed by atoms with E-state index in [9.17, 15) is 4.79 Å². The minimum atomic E-state index is -0.0133. The van der Waals surface area contributed by atoms with Gasteiger partial charge in [-0.25, -0.2) is 0 Å². The van der Waals surface area contributed by atoms with Gasteiger partial charge in [0, 0.05) is 10.3 Å². The molecule has 1 N–H and O–H groups in total. The van der Waals surface area contributed by atoms with E-state index in [2.05, 4.69) is 58.4 Å². The number of benzene rings is 1. The third-order valence-corrected chi connectivity index (χ3v) is 5.33. The molecule has 0 fully saturated rings. The first-order valence-corrected chi connectivity index (χ1v) is 8.97. The molecule has 100 valence electrons. The summed E-state index contributed by atoms with van der Waals surface area (Å²) in [4.78, 5) is 13.3. The highest BCUT2D eigenvalue weighted by atomic mass is 127. The van der Waals surface area contributed by atoms with Crippen LogP contribution in [0.15, 0.2) is 40.6 Å². The van der Waals surface area contributed by atoms with E-state index in [1.165, 1.54) is 4.90 Å². The van der Waals surface area contributed by atoms with Crippen LogP contribution in [-0.4, -0.2) is 12.2 Å². The minimum absolute atomic E-state index is 0.0133. The maximum Gasteiger partial charge on any atom is 0.252 e. The monoisotopic (exact) mass is 403 g/mol. The van der Waals surface area contributed by atoms with Gasteiger partial charge in [0.05, 0.1) is 14.5 Å². The van der Waals surface area contributed by atoms with Crippen molar-refractivity contribution in [3.8, 4) is 0 Å². The first-order valence-electron chi connectivity index (χ1n) is 5.79. The maximum absolute atomic E-state index is 12.1. The van der Waals surface area contributed by atoms with Crippen molar-refractivity contribution in [2.75, 3.05) is 6.26 Å². The first-order chi connectivity index (χ1) is 9.10. The fourth-order valence-electron chi connectivity index (χ4n) is 1.69. The molecular formula is C14H14INOS2. The van der Waals surface area contributed by atoms with Crippen LogP contribution < -0.4 is 5.32 Å². The molecule has 0 aliphatic carbocycles. The molecule has 0 saturated carbocycles. The quantitative estimate of drug-likeness (QED) is 0.599. The molecule has 0 bridgehead atoms. The topological polar surface area (TPSA) is 29.1 Å². The van der Waals surface area contributed by atoms with Gasteiger partial charge in [0.1, 0.15) is 0 Å². The van der Waals surface area contributed by atoms with E-state index in [0.717, 1.165) is 14.0 Å². The fourth-order valence-corrected chi connectivity index (χ4v) is 3.42. The van der Waals surface area contributed by atoms with Gasteiger partial charge in [0.15, 0.2) is 0 Å². The maximum atomic E-state index is 12.1. The molecule has 19 heavy (non-hydrogen) atoms. The van der Waals surface area contributed by atoms with E-state index >= 15 is 0 Å². The summed E-state index contributed by atoms with van der Waals surface area (Å²) >= 11 is 5.52. The van der Waals surface area contributed by atoms with Crippen molar-refractivity contribution in [1.82, 2.24) is 5.32 Å². The molecule has 2 nitrogen and oxygen atoms in total. The lowest BCUT2D eigenvalue weighted by Gasteiger charge is -2.14. The Morgan fingerprint density at radius 2 is 2.05 bits per heavy atom. The number of hydrogen-bond donors (Lipinski definition) is 1. The van der Waals surface area contributed by atoms with E-state index in [4.69, 9.17) is 0 Å². The minimum Gasteiger partial charge on any atom is -0.345 e. The van der Waals surface area contributed by atoms with Crippen molar-refractivity contribution in [2.45, 2.75) is 17.9 Å². The van der Waals surface area contributed by atoms with Crippen LogP contribution in [0.5, 0.6) is 0 Å². The molecule has 0 saturated heterocycles. The highest BCUT2D eigenvalue weighted by Crippen LogP contribution is 2.20. The van der Waals surface area contributed by atoms with E-state index in [0.29, 0.717) is 0 Å². The van der Waals surface area contributed by atoms with Crippen molar-refractivity contribution in [1.29, 1.82) is 0 Å². The lowest BCUT2D eigenvalue weighted by atomic mass is 10.1. The summed E-state index contributed by atoms with van der Waals surface area (Å²) in [5.41, 5.74) is 1.86. The SMILES string of the molecule is CSc1ccc(C(C)NC(=O)c2csc(I)c2)cc1. The molecule has 2 aromatic rings. The number of thiophene rings is 1. The standard InChI is InChI=1S/C14H14INOS2/c1-9(10-3-5-12(18-2)6-4-10)16-14(17)11-7-13(15)19-8-11/h3-9H,1-2H3,(H,16,17). The van der Waals surface area contributed by atoms with Crippen molar-refractivity contribution in [2.24, 2.45) is 0 Å². The Morgan fingerprint density at radius 3 is 2.58 bits per heavy atom. The van der Waals surface area contributed by atoms with E-state index in [-0.39, 0.29) is 11.9 Å². The van der Waals surface area contributed by atoms with Crippen LogP contribution in [0.25, 0.3) is 0 Å². The second-order valence-electron chi connectivity index (χ2n) is 4.11. The van der Waals surface area contributed by atoms with Crippen molar-refractivity contribution in [3.63, 3.8) is 0 Å². The van der Waals surface area contributed by atoms with Gasteiger partial charge < -0.3 is 5.32 Å². The van der Waals surface area contributed by atoms with Crippen LogP contribution in [0.4, 0.5) is 0 Å². The number of amides is 1. The number of carbonyl (C=O) groups is 1. The average Bonchev–Trinajstić information content (AvgIpc) is 2.85. The van der Waals surface area contributed by atoms with Gasteiger partial charge in [-0.05, 0) is 59.5 Å². The predicted molar refractivity (Wildman–Crippen MR) is 91.1 cm³/mol. The zero-order valence-corrected chi connectivity index (χ0v) is 14.4. The molecule has 1 amide bonds. The zero-order valence-electron chi connectivity index (χ0n) is 10.6. The number of hydrogen-bond acceptors (Lipinski definition) is 3. The number of thioether (sulfide) groups is 1. The molecule has 0 spiro atoms. The summed E-state index contributed by atoms with van der Waals surface area (Å²) in [6, 6.07) is 10.2. The van der Waals surface area contributed by atoms with Crippen LogP contribution >= 0.6 is 45.7 Å². The van der Waals surface area contributed by atoms with Crippen LogP contribution in [-0.2, 0) is 0 Å². The van der Waals surface area contributed by atoms with E-state index in [1.54, 1.807) is 23.1 Å². The normalized spacial score (nSPS) is 12.2. The van der Waals surface area contributed by atoms with Gasteiger partial charge in [0.25, 0.3) is 5.91 Å². The highest BCUT2D eigenvalue weighted by Gasteiger charge is 2.12. The second-order valence-corrected chi connectivity index (χ2v) is 7.79.